The summed E-state index contributed by atoms with van der Waals surface area (Å²) in [4.78, 5) is 0. The molecule has 0 unspecified atom stereocenters. The van der Waals surface area contributed by atoms with Gasteiger partial charge in [-0.05, 0) is 41.3 Å². The predicted molar refractivity (Wildman–Crippen MR) is 83.4 cm³/mol. The summed E-state index contributed by atoms with van der Waals surface area (Å²) < 4.78 is 5.53. The molecule has 1 heterocycles. The molecular weight excluding hydrogens is 246 g/mol. The third-order valence-electron chi connectivity index (χ3n) is 3.74. The van der Waals surface area contributed by atoms with Crippen LogP contribution >= 0.6 is 0 Å². The predicted octanol–water partition coefficient (Wildman–Crippen LogP) is 4.19. The zero-order valence-corrected chi connectivity index (χ0v) is 12.0. The van der Waals surface area contributed by atoms with Gasteiger partial charge in [0.1, 0.15) is 5.75 Å². The molecule has 1 aliphatic heterocycles. The molecule has 2 aromatic carbocycles. The molecule has 2 aromatic rings. The van der Waals surface area contributed by atoms with Crippen LogP contribution in [0.4, 0.5) is 5.69 Å². The van der Waals surface area contributed by atoms with Crippen molar-refractivity contribution in [1.29, 1.82) is 0 Å². The van der Waals surface area contributed by atoms with Crippen LogP contribution in [0.5, 0.6) is 5.75 Å². The number of hydrogen-bond acceptors (Lipinski definition) is 2. The maximum Gasteiger partial charge on any atom is 0.122 e. The molecular formula is C18H21NO. The number of nitrogens with one attached hydrogen (secondary N) is 1. The Morgan fingerprint density at radius 3 is 2.65 bits per heavy atom. The van der Waals surface area contributed by atoms with Crippen molar-refractivity contribution in [3.8, 4) is 5.75 Å². The van der Waals surface area contributed by atoms with E-state index in [1.54, 1.807) is 0 Å². The summed E-state index contributed by atoms with van der Waals surface area (Å²) in [5.41, 5.74) is 5.24. The van der Waals surface area contributed by atoms with E-state index in [9.17, 15) is 0 Å². The van der Waals surface area contributed by atoms with Gasteiger partial charge in [-0.15, -0.1) is 0 Å². The number of rotatable bonds is 5. The topological polar surface area (TPSA) is 21.3 Å². The molecule has 0 amide bonds. The third-order valence-corrected chi connectivity index (χ3v) is 3.74. The number of benzene rings is 2. The van der Waals surface area contributed by atoms with Gasteiger partial charge in [0, 0.05) is 18.7 Å². The van der Waals surface area contributed by atoms with Gasteiger partial charge in [0.25, 0.3) is 0 Å². The number of hydrogen-bond donors (Lipinski definition) is 1. The molecule has 2 heteroatoms. The Hall–Kier alpha value is -1.96. The van der Waals surface area contributed by atoms with Gasteiger partial charge in [0.05, 0.1) is 6.61 Å². The van der Waals surface area contributed by atoms with Crippen molar-refractivity contribution in [2.75, 3.05) is 11.9 Å². The Labute approximate surface area is 120 Å². The molecule has 1 aliphatic rings. The average molecular weight is 267 g/mol. The minimum atomic E-state index is 0.825. The molecule has 20 heavy (non-hydrogen) atoms. The smallest absolute Gasteiger partial charge is 0.122 e. The van der Waals surface area contributed by atoms with Crippen LogP contribution in [-0.2, 0) is 19.4 Å². The highest BCUT2D eigenvalue weighted by atomic mass is 16.5. The van der Waals surface area contributed by atoms with Crippen LogP contribution in [-0.4, -0.2) is 6.61 Å². The van der Waals surface area contributed by atoms with Gasteiger partial charge in [-0.3, -0.25) is 0 Å². The molecule has 0 radical (unpaired) electrons. The summed E-state index contributed by atoms with van der Waals surface area (Å²) in [6, 6.07) is 15.2. The first-order valence-electron chi connectivity index (χ1n) is 7.42. The zero-order valence-electron chi connectivity index (χ0n) is 12.0. The van der Waals surface area contributed by atoms with E-state index in [-0.39, 0.29) is 0 Å². The van der Waals surface area contributed by atoms with E-state index < -0.39 is 0 Å². The lowest BCUT2D eigenvalue weighted by Gasteiger charge is -2.08. The normalized spacial score (nSPS) is 12.8. The van der Waals surface area contributed by atoms with Crippen molar-refractivity contribution in [3.05, 3.63) is 59.2 Å². The molecule has 104 valence electrons. The van der Waals surface area contributed by atoms with Crippen molar-refractivity contribution < 1.29 is 4.74 Å². The Kier molecular flexibility index (Phi) is 3.91. The molecule has 0 aromatic heterocycles. The molecule has 0 spiro atoms. The number of fused-ring (bicyclic) bond motifs is 1. The van der Waals surface area contributed by atoms with Crippen LogP contribution in [0.25, 0.3) is 0 Å². The van der Waals surface area contributed by atoms with E-state index >= 15 is 0 Å². The molecule has 0 bridgehead atoms. The summed E-state index contributed by atoms with van der Waals surface area (Å²) in [5, 5.41) is 3.48. The lowest BCUT2D eigenvalue weighted by Crippen LogP contribution is -1.99. The van der Waals surface area contributed by atoms with Crippen LogP contribution in [0.3, 0.4) is 0 Å². The van der Waals surface area contributed by atoms with Gasteiger partial charge in [-0.1, -0.05) is 37.6 Å². The van der Waals surface area contributed by atoms with E-state index in [4.69, 9.17) is 4.74 Å². The number of anilines is 1. The van der Waals surface area contributed by atoms with Crippen molar-refractivity contribution in [2.45, 2.75) is 32.7 Å². The van der Waals surface area contributed by atoms with Gasteiger partial charge in [0.2, 0.25) is 0 Å². The van der Waals surface area contributed by atoms with Gasteiger partial charge in [0.15, 0.2) is 0 Å². The fourth-order valence-electron chi connectivity index (χ4n) is 2.63. The highest BCUT2D eigenvalue weighted by Crippen LogP contribution is 2.26. The molecule has 0 saturated carbocycles. The number of aryl methyl sites for hydroxylation is 1. The first kappa shape index (κ1) is 13.0. The second-order valence-electron chi connectivity index (χ2n) is 5.34. The maximum absolute atomic E-state index is 5.53. The molecule has 0 fully saturated rings. The molecule has 0 saturated heterocycles. The van der Waals surface area contributed by atoms with Crippen molar-refractivity contribution in [3.63, 3.8) is 0 Å². The summed E-state index contributed by atoms with van der Waals surface area (Å²) in [5.74, 6) is 1.05. The lowest BCUT2D eigenvalue weighted by atomic mass is 10.1. The molecule has 0 atom stereocenters. The van der Waals surface area contributed by atoms with Crippen LogP contribution in [0.15, 0.2) is 42.5 Å². The summed E-state index contributed by atoms with van der Waals surface area (Å²) in [6.45, 7) is 3.90. The Bertz CT molecular complexity index is 574. The monoisotopic (exact) mass is 267 g/mol. The van der Waals surface area contributed by atoms with Crippen molar-refractivity contribution >= 4 is 5.69 Å². The van der Waals surface area contributed by atoms with Crippen LogP contribution in [0, 0.1) is 0 Å². The largest absolute Gasteiger partial charge is 0.493 e. The van der Waals surface area contributed by atoms with Gasteiger partial charge in [-0.25, -0.2) is 0 Å². The van der Waals surface area contributed by atoms with Gasteiger partial charge in [-0.2, -0.15) is 0 Å². The van der Waals surface area contributed by atoms with Crippen LogP contribution in [0.2, 0.25) is 0 Å². The van der Waals surface area contributed by atoms with Crippen molar-refractivity contribution in [1.82, 2.24) is 0 Å². The lowest BCUT2D eigenvalue weighted by molar-refractivity contribution is 0.357. The highest BCUT2D eigenvalue weighted by Gasteiger charge is 2.11. The van der Waals surface area contributed by atoms with E-state index in [0.717, 1.165) is 31.7 Å². The fraction of sp³-hybridized carbons (Fsp3) is 0.333. The van der Waals surface area contributed by atoms with Crippen LogP contribution in [0.1, 0.15) is 30.0 Å². The molecule has 3 rings (SSSR count). The Morgan fingerprint density at radius 2 is 1.85 bits per heavy atom. The summed E-state index contributed by atoms with van der Waals surface area (Å²) in [7, 11) is 0. The minimum absolute atomic E-state index is 0.825. The van der Waals surface area contributed by atoms with Crippen LogP contribution < -0.4 is 10.1 Å². The SMILES string of the molecule is CCCc1ccc(NCc2ccc3c(c2)CCO3)cc1. The summed E-state index contributed by atoms with van der Waals surface area (Å²) in [6.07, 6.45) is 3.39. The second kappa shape index (κ2) is 6.00. The number of ether oxygens (including phenoxy) is 1. The highest BCUT2D eigenvalue weighted by molar-refractivity contribution is 5.46. The van der Waals surface area contributed by atoms with E-state index in [1.165, 1.54) is 28.8 Å². The first-order valence-corrected chi connectivity index (χ1v) is 7.42. The minimum Gasteiger partial charge on any atom is -0.493 e. The van der Waals surface area contributed by atoms with E-state index in [2.05, 4.69) is 54.7 Å². The zero-order chi connectivity index (χ0) is 13.8. The average Bonchev–Trinajstić information content (AvgIpc) is 2.94. The molecule has 1 N–H and O–H groups in total. The first-order chi connectivity index (χ1) is 9.85. The fourth-order valence-corrected chi connectivity index (χ4v) is 2.63. The molecule has 0 aliphatic carbocycles. The van der Waals surface area contributed by atoms with Gasteiger partial charge < -0.3 is 10.1 Å². The Balaban J connectivity index is 1.61. The standard InChI is InChI=1S/C18H21NO/c1-2-3-14-4-7-17(8-5-14)19-13-15-6-9-18-16(12-15)10-11-20-18/h4-9,12,19H,2-3,10-11,13H2,1H3. The van der Waals surface area contributed by atoms with Crippen molar-refractivity contribution in [2.24, 2.45) is 0 Å². The van der Waals surface area contributed by atoms with E-state index in [0.29, 0.717) is 0 Å². The third kappa shape index (κ3) is 2.96. The quantitative estimate of drug-likeness (QED) is 0.877. The molecule has 2 nitrogen and oxygen atoms in total. The summed E-state index contributed by atoms with van der Waals surface area (Å²) >= 11 is 0. The Morgan fingerprint density at radius 1 is 1.05 bits per heavy atom. The second-order valence-corrected chi connectivity index (χ2v) is 5.34. The van der Waals surface area contributed by atoms with E-state index in [1.807, 2.05) is 0 Å². The maximum atomic E-state index is 5.53. The van der Waals surface area contributed by atoms with Gasteiger partial charge >= 0.3 is 0 Å².